The van der Waals surface area contributed by atoms with Gasteiger partial charge in [0, 0.05) is 17.1 Å². The molecule has 4 rings (SSSR count). The van der Waals surface area contributed by atoms with Crippen molar-refractivity contribution in [2.24, 2.45) is 0 Å². The molecule has 1 aliphatic heterocycles. The number of pyridine rings is 1. The highest BCUT2D eigenvalue weighted by Gasteiger charge is 2.22. The van der Waals surface area contributed by atoms with Crippen LogP contribution in [0.1, 0.15) is 24.4 Å². The zero-order valence-electron chi connectivity index (χ0n) is 13.4. The van der Waals surface area contributed by atoms with Crippen molar-refractivity contribution >= 4 is 37.8 Å². The Kier molecular flexibility index (Phi) is 3.43. The molecule has 6 nitrogen and oxygen atoms in total. The van der Waals surface area contributed by atoms with Gasteiger partial charge in [0.05, 0.1) is 29.9 Å². The first-order valence-corrected chi connectivity index (χ1v) is 9.63. The lowest BCUT2D eigenvalue weighted by atomic mass is 10.1. The van der Waals surface area contributed by atoms with E-state index < -0.39 is 9.84 Å². The predicted octanol–water partition coefficient (Wildman–Crippen LogP) is 2.69. The number of imidazole rings is 1. The van der Waals surface area contributed by atoms with E-state index in [1.54, 1.807) is 12.3 Å². The molecule has 0 fully saturated rings. The van der Waals surface area contributed by atoms with Crippen molar-refractivity contribution in [2.75, 3.05) is 12.9 Å². The highest BCUT2D eigenvalue weighted by Crippen LogP contribution is 2.30. The number of nitrogens with zero attached hydrogens (tertiary/aromatic N) is 3. The summed E-state index contributed by atoms with van der Waals surface area (Å²) in [7, 11) is -3.15. The molecule has 24 heavy (non-hydrogen) atoms. The molecule has 2 aromatic heterocycles. The van der Waals surface area contributed by atoms with Crippen LogP contribution in [-0.2, 0) is 21.2 Å². The molecule has 1 aliphatic rings. The van der Waals surface area contributed by atoms with Crippen molar-refractivity contribution in [3.05, 3.63) is 41.2 Å². The molecule has 0 aliphatic carbocycles. The minimum Gasteiger partial charge on any atom is -0.371 e. The van der Waals surface area contributed by atoms with Crippen molar-refractivity contribution < 1.29 is 13.2 Å². The molecule has 0 unspecified atom stereocenters. The van der Waals surface area contributed by atoms with Gasteiger partial charge in [0.15, 0.2) is 9.84 Å². The summed E-state index contributed by atoms with van der Waals surface area (Å²) in [5, 5.41) is 2.21. The lowest BCUT2D eigenvalue weighted by Gasteiger charge is -2.23. The average Bonchev–Trinajstić information content (AvgIpc) is 2.92. The number of sulfone groups is 1. The molecule has 0 saturated carbocycles. The first kappa shape index (κ1) is 15.3. The summed E-state index contributed by atoms with van der Waals surface area (Å²) in [5.41, 5.74) is 3.54. The van der Waals surface area contributed by atoms with Gasteiger partial charge in [-0.15, -0.1) is 0 Å². The Morgan fingerprint density at radius 3 is 2.96 bits per heavy atom. The molecular weight excluding hydrogens is 326 g/mol. The van der Waals surface area contributed by atoms with Crippen molar-refractivity contribution in [3.63, 3.8) is 0 Å². The fourth-order valence-electron chi connectivity index (χ4n) is 3.12. The molecule has 0 spiro atoms. The lowest BCUT2D eigenvalue weighted by molar-refractivity contribution is 0.0622. The van der Waals surface area contributed by atoms with E-state index in [1.165, 1.54) is 11.7 Å². The third kappa shape index (κ3) is 2.59. The molecule has 1 atom stereocenters. The van der Waals surface area contributed by atoms with E-state index in [-0.39, 0.29) is 6.04 Å². The molecule has 3 heterocycles. The summed E-state index contributed by atoms with van der Waals surface area (Å²) in [6.45, 7) is 3.28. The number of fused-ring (bicyclic) bond motifs is 5. The Balaban J connectivity index is 1.93. The lowest BCUT2D eigenvalue weighted by Crippen LogP contribution is -2.21. The topological polar surface area (TPSA) is 74.1 Å². The summed E-state index contributed by atoms with van der Waals surface area (Å²) in [6.07, 6.45) is 4.52. The molecular formula is C17H17N3O3S. The van der Waals surface area contributed by atoms with Crippen LogP contribution in [0.25, 0.3) is 28.0 Å². The van der Waals surface area contributed by atoms with Gasteiger partial charge in [0.1, 0.15) is 17.9 Å². The molecule has 0 radical (unpaired) electrons. The molecule has 7 heteroatoms. The van der Waals surface area contributed by atoms with Crippen LogP contribution in [0.4, 0.5) is 0 Å². The molecule has 1 aromatic carbocycles. The maximum absolute atomic E-state index is 11.3. The SMILES string of the molecule is C[C@H]1COCc2nc3cnc4cc(/C=C/S(C)(=O)=O)ccc4c3n21. The zero-order valence-corrected chi connectivity index (χ0v) is 14.2. The van der Waals surface area contributed by atoms with E-state index in [2.05, 4.69) is 21.5 Å². The fourth-order valence-corrected chi connectivity index (χ4v) is 3.52. The third-order valence-corrected chi connectivity index (χ3v) is 4.78. The van der Waals surface area contributed by atoms with Gasteiger partial charge in [-0.2, -0.15) is 0 Å². The van der Waals surface area contributed by atoms with Gasteiger partial charge in [-0.1, -0.05) is 12.1 Å². The number of hydrogen-bond acceptors (Lipinski definition) is 5. The van der Waals surface area contributed by atoms with Gasteiger partial charge in [0.2, 0.25) is 0 Å². The van der Waals surface area contributed by atoms with E-state index >= 15 is 0 Å². The van der Waals surface area contributed by atoms with Gasteiger partial charge >= 0.3 is 0 Å². The van der Waals surface area contributed by atoms with Crippen LogP contribution in [0.5, 0.6) is 0 Å². The Morgan fingerprint density at radius 2 is 2.17 bits per heavy atom. The van der Waals surface area contributed by atoms with Crippen LogP contribution in [0, 0.1) is 0 Å². The minimum atomic E-state index is -3.15. The third-order valence-electron chi connectivity index (χ3n) is 4.15. The standard InChI is InChI=1S/C17H17N3O3S/c1-11-9-23-10-16-19-15-8-18-14-7-12(5-6-24(2,21)22)3-4-13(14)17(15)20(11)16/h3-8,11H,9-10H2,1-2H3/b6-5+/t11-/m0/s1. The maximum atomic E-state index is 11.3. The van der Waals surface area contributed by atoms with Crippen LogP contribution in [0.3, 0.4) is 0 Å². The molecule has 0 bridgehead atoms. The van der Waals surface area contributed by atoms with E-state index in [9.17, 15) is 8.42 Å². The number of benzene rings is 1. The summed E-state index contributed by atoms with van der Waals surface area (Å²) < 4.78 is 30.3. The number of rotatable bonds is 2. The average molecular weight is 343 g/mol. The van der Waals surface area contributed by atoms with Crippen LogP contribution in [0.2, 0.25) is 0 Å². The van der Waals surface area contributed by atoms with Gasteiger partial charge in [-0.05, 0) is 24.6 Å². The number of ether oxygens (including phenoxy) is 1. The van der Waals surface area contributed by atoms with Gasteiger partial charge in [-0.25, -0.2) is 13.4 Å². The molecule has 3 aromatic rings. The van der Waals surface area contributed by atoms with Crippen molar-refractivity contribution in [1.29, 1.82) is 0 Å². The van der Waals surface area contributed by atoms with Gasteiger partial charge in [0.25, 0.3) is 0 Å². The normalized spacial score (nSPS) is 18.5. The smallest absolute Gasteiger partial charge is 0.168 e. The first-order chi connectivity index (χ1) is 11.4. The monoisotopic (exact) mass is 343 g/mol. The highest BCUT2D eigenvalue weighted by molar-refractivity contribution is 7.93. The number of aromatic nitrogens is 3. The molecule has 124 valence electrons. The van der Waals surface area contributed by atoms with Crippen LogP contribution >= 0.6 is 0 Å². The zero-order chi connectivity index (χ0) is 16.9. The van der Waals surface area contributed by atoms with E-state index in [1.807, 2.05) is 18.2 Å². The quantitative estimate of drug-likeness (QED) is 0.715. The van der Waals surface area contributed by atoms with Crippen molar-refractivity contribution in [1.82, 2.24) is 14.5 Å². The van der Waals surface area contributed by atoms with E-state index in [0.29, 0.717) is 13.2 Å². The second-order valence-electron chi connectivity index (χ2n) is 6.16. The van der Waals surface area contributed by atoms with Gasteiger partial charge < -0.3 is 9.30 Å². The maximum Gasteiger partial charge on any atom is 0.168 e. The number of hydrogen-bond donors (Lipinski definition) is 0. The van der Waals surface area contributed by atoms with Gasteiger partial charge in [-0.3, -0.25) is 4.98 Å². The first-order valence-electron chi connectivity index (χ1n) is 7.68. The summed E-state index contributed by atoms with van der Waals surface area (Å²) in [5.74, 6) is 0.916. The largest absolute Gasteiger partial charge is 0.371 e. The Hall–Kier alpha value is -2.25. The molecule has 0 amide bonds. The van der Waals surface area contributed by atoms with E-state index in [0.717, 1.165) is 33.3 Å². The van der Waals surface area contributed by atoms with Crippen LogP contribution in [0.15, 0.2) is 29.8 Å². The Morgan fingerprint density at radius 1 is 1.33 bits per heavy atom. The molecule has 0 N–H and O–H groups in total. The minimum absolute atomic E-state index is 0.217. The summed E-state index contributed by atoms with van der Waals surface area (Å²) in [4.78, 5) is 9.11. The highest BCUT2D eigenvalue weighted by atomic mass is 32.2. The second-order valence-corrected chi connectivity index (χ2v) is 8.09. The van der Waals surface area contributed by atoms with Crippen LogP contribution in [-0.4, -0.2) is 35.8 Å². The summed E-state index contributed by atoms with van der Waals surface area (Å²) >= 11 is 0. The van der Waals surface area contributed by atoms with E-state index in [4.69, 9.17) is 4.74 Å². The Bertz CT molecular complexity index is 1080. The van der Waals surface area contributed by atoms with Crippen LogP contribution < -0.4 is 0 Å². The predicted molar refractivity (Wildman–Crippen MR) is 93.3 cm³/mol. The fraction of sp³-hybridized carbons (Fsp3) is 0.294. The second kappa shape index (κ2) is 5.39. The molecule has 0 saturated heterocycles. The summed E-state index contributed by atoms with van der Waals surface area (Å²) in [6, 6.07) is 5.98. The van der Waals surface area contributed by atoms with Crippen molar-refractivity contribution in [2.45, 2.75) is 19.6 Å². The van der Waals surface area contributed by atoms with Crippen molar-refractivity contribution in [3.8, 4) is 0 Å². The Labute approximate surface area is 139 Å².